The second-order valence-electron chi connectivity index (χ2n) is 2.44. The molecular formula is C7H15FO2. The minimum atomic E-state index is -2.07. The third-order valence-corrected chi connectivity index (χ3v) is 1.42. The maximum absolute atomic E-state index is 11.8. The second kappa shape index (κ2) is 5.62. The van der Waals surface area contributed by atoms with Gasteiger partial charge in [0, 0.05) is 0 Å². The van der Waals surface area contributed by atoms with Crippen LogP contribution < -0.4 is 0 Å². The summed E-state index contributed by atoms with van der Waals surface area (Å²) in [5.41, 5.74) is 0. The average molecular weight is 150 g/mol. The van der Waals surface area contributed by atoms with Gasteiger partial charge >= 0.3 is 0 Å². The van der Waals surface area contributed by atoms with Gasteiger partial charge in [-0.1, -0.05) is 26.2 Å². The Labute approximate surface area is 60.7 Å². The van der Waals surface area contributed by atoms with Gasteiger partial charge in [-0.2, -0.15) is 0 Å². The smallest absolute Gasteiger partial charge is 0.222 e. The first-order chi connectivity index (χ1) is 4.68. The van der Waals surface area contributed by atoms with Crippen LogP contribution in [0.15, 0.2) is 0 Å². The topological polar surface area (TPSA) is 40.5 Å². The number of aliphatic hydroxyl groups excluding tert-OH is 2. The van der Waals surface area contributed by atoms with Crippen molar-refractivity contribution in [1.82, 2.24) is 0 Å². The first kappa shape index (κ1) is 9.85. The van der Waals surface area contributed by atoms with Crippen molar-refractivity contribution in [3.63, 3.8) is 0 Å². The highest BCUT2D eigenvalue weighted by Crippen LogP contribution is 2.06. The summed E-state index contributed by atoms with van der Waals surface area (Å²) in [5.74, 6) is 0. The zero-order valence-electron chi connectivity index (χ0n) is 6.26. The minimum Gasteiger partial charge on any atom is -0.388 e. The number of halogens is 1. The first-order valence-corrected chi connectivity index (χ1v) is 3.68. The second-order valence-corrected chi connectivity index (χ2v) is 2.44. The van der Waals surface area contributed by atoms with Gasteiger partial charge in [-0.3, -0.25) is 0 Å². The molecule has 2 atom stereocenters. The van der Waals surface area contributed by atoms with E-state index in [1.807, 2.05) is 6.92 Å². The summed E-state index contributed by atoms with van der Waals surface area (Å²) in [6.07, 6.45) is -0.119. The van der Waals surface area contributed by atoms with E-state index >= 15 is 0 Å². The highest BCUT2D eigenvalue weighted by molar-refractivity contribution is 4.56. The van der Waals surface area contributed by atoms with E-state index in [0.29, 0.717) is 6.42 Å². The van der Waals surface area contributed by atoms with Crippen LogP contribution >= 0.6 is 0 Å². The third-order valence-electron chi connectivity index (χ3n) is 1.42. The molecule has 62 valence electrons. The van der Waals surface area contributed by atoms with Gasteiger partial charge < -0.3 is 10.2 Å². The molecule has 0 rings (SSSR count). The Kier molecular flexibility index (Phi) is 5.54. The highest BCUT2D eigenvalue weighted by atomic mass is 19.1. The monoisotopic (exact) mass is 150 g/mol. The Bertz CT molecular complexity index is 76.0. The fourth-order valence-corrected chi connectivity index (χ4v) is 0.741. The molecular weight excluding hydrogens is 135 g/mol. The molecule has 2 nitrogen and oxygen atoms in total. The summed E-state index contributed by atoms with van der Waals surface area (Å²) in [6, 6.07) is 0. The predicted octanol–water partition coefficient (Wildman–Crippen LogP) is 1.22. The van der Waals surface area contributed by atoms with Crippen LogP contribution in [0.4, 0.5) is 4.39 Å². The zero-order chi connectivity index (χ0) is 7.98. The van der Waals surface area contributed by atoms with Crippen molar-refractivity contribution < 1.29 is 14.6 Å². The highest BCUT2D eigenvalue weighted by Gasteiger charge is 2.12. The lowest BCUT2D eigenvalue weighted by molar-refractivity contribution is -0.0685. The van der Waals surface area contributed by atoms with E-state index in [1.165, 1.54) is 0 Å². The molecule has 0 aromatic carbocycles. The quantitative estimate of drug-likeness (QED) is 0.578. The SMILES string of the molecule is CCCCCC(O)C(O)F. The molecule has 0 radical (unpaired) electrons. The molecule has 0 aliphatic rings. The van der Waals surface area contributed by atoms with Crippen molar-refractivity contribution in [2.24, 2.45) is 0 Å². The van der Waals surface area contributed by atoms with Gasteiger partial charge in [0.1, 0.15) is 6.10 Å². The molecule has 10 heavy (non-hydrogen) atoms. The standard InChI is InChI=1S/C7H15FO2/c1-2-3-4-5-6(9)7(8)10/h6-7,9-10H,2-5H2,1H3. The molecule has 0 heterocycles. The summed E-state index contributed by atoms with van der Waals surface area (Å²) in [7, 11) is 0. The van der Waals surface area contributed by atoms with Crippen LogP contribution in [0, 0.1) is 0 Å². The molecule has 0 bridgehead atoms. The summed E-state index contributed by atoms with van der Waals surface area (Å²) in [5, 5.41) is 16.9. The van der Waals surface area contributed by atoms with Crippen molar-refractivity contribution in [3.05, 3.63) is 0 Å². The van der Waals surface area contributed by atoms with Crippen molar-refractivity contribution in [3.8, 4) is 0 Å². The molecule has 0 saturated heterocycles. The number of unbranched alkanes of at least 4 members (excludes halogenated alkanes) is 2. The van der Waals surface area contributed by atoms with Gasteiger partial charge in [0.05, 0.1) is 0 Å². The van der Waals surface area contributed by atoms with Gasteiger partial charge in [0.25, 0.3) is 0 Å². The third kappa shape index (κ3) is 4.70. The fraction of sp³-hybridized carbons (Fsp3) is 1.00. The summed E-state index contributed by atoms with van der Waals surface area (Å²) >= 11 is 0. The van der Waals surface area contributed by atoms with Crippen LogP contribution in [0.25, 0.3) is 0 Å². The number of aliphatic hydroxyl groups is 2. The van der Waals surface area contributed by atoms with E-state index in [0.717, 1.165) is 19.3 Å². The molecule has 0 saturated carbocycles. The molecule has 2 N–H and O–H groups in total. The van der Waals surface area contributed by atoms with Gasteiger partial charge in [0.2, 0.25) is 6.36 Å². The van der Waals surface area contributed by atoms with Crippen molar-refractivity contribution in [2.45, 2.75) is 45.1 Å². The average Bonchev–Trinajstić information content (AvgIpc) is 1.88. The predicted molar refractivity (Wildman–Crippen MR) is 37.3 cm³/mol. The van der Waals surface area contributed by atoms with Crippen LogP contribution in [0.5, 0.6) is 0 Å². The lowest BCUT2D eigenvalue weighted by Crippen LogP contribution is -2.20. The molecule has 0 aliphatic heterocycles. The number of hydrogen-bond acceptors (Lipinski definition) is 2. The summed E-state index contributed by atoms with van der Waals surface area (Å²) in [6.45, 7) is 2.03. The maximum Gasteiger partial charge on any atom is 0.222 e. The number of rotatable bonds is 5. The fourth-order valence-electron chi connectivity index (χ4n) is 0.741. The molecule has 0 fully saturated rings. The van der Waals surface area contributed by atoms with Gasteiger partial charge in [-0.05, 0) is 6.42 Å². The summed E-state index contributed by atoms with van der Waals surface area (Å²) in [4.78, 5) is 0. The van der Waals surface area contributed by atoms with Gasteiger partial charge in [-0.15, -0.1) is 0 Å². The molecule has 0 amide bonds. The molecule has 0 aromatic rings. The zero-order valence-corrected chi connectivity index (χ0v) is 6.26. The Balaban J connectivity index is 3.13. The van der Waals surface area contributed by atoms with Crippen LogP contribution in [-0.2, 0) is 0 Å². The van der Waals surface area contributed by atoms with Gasteiger partial charge in [-0.25, -0.2) is 4.39 Å². The van der Waals surface area contributed by atoms with Gasteiger partial charge in [0.15, 0.2) is 0 Å². The van der Waals surface area contributed by atoms with E-state index in [9.17, 15) is 4.39 Å². The Morgan fingerprint density at radius 3 is 2.30 bits per heavy atom. The van der Waals surface area contributed by atoms with E-state index in [4.69, 9.17) is 10.2 Å². The number of alkyl halides is 1. The van der Waals surface area contributed by atoms with Crippen molar-refractivity contribution in [1.29, 1.82) is 0 Å². The molecule has 2 unspecified atom stereocenters. The molecule has 0 aliphatic carbocycles. The van der Waals surface area contributed by atoms with Crippen LogP contribution in [0.3, 0.4) is 0 Å². The van der Waals surface area contributed by atoms with E-state index < -0.39 is 12.5 Å². The molecule has 0 aromatic heterocycles. The van der Waals surface area contributed by atoms with E-state index in [1.54, 1.807) is 0 Å². The van der Waals surface area contributed by atoms with Crippen LogP contribution in [-0.4, -0.2) is 22.7 Å². The van der Waals surface area contributed by atoms with E-state index in [-0.39, 0.29) is 0 Å². The van der Waals surface area contributed by atoms with Crippen LogP contribution in [0.2, 0.25) is 0 Å². The minimum absolute atomic E-state index is 0.353. The maximum atomic E-state index is 11.8. The first-order valence-electron chi connectivity index (χ1n) is 3.68. The lowest BCUT2D eigenvalue weighted by atomic mass is 10.1. The summed E-state index contributed by atoms with van der Waals surface area (Å²) < 4.78 is 11.8. The normalized spacial score (nSPS) is 16.8. The van der Waals surface area contributed by atoms with Crippen molar-refractivity contribution in [2.75, 3.05) is 0 Å². The van der Waals surface area contributed by atoms with Crippen molar-refractivity contribution >= 4 is 0 Å². The Morgan fingerprint density at radius 1 is 1.30 bits per heavy atom. The number of hydrogen-bond donors (Lipinski definition) is 2. The van der Waals surface area contributed by atoms with Crippen LogP contribution in [0.1, 0.15) is 32.6 Å². The largest absolute Gasteiger partial charge is 0.388 e. The Morgan fingerprint density at radius 2 is 1.90 bits per heavy atom. The molecule has 3 heteroatoms. The lowest BCUT2D eigenvalue weighted by Gasteiger charge is -2.08. The molecule has 0 spiro atoms. The Hall–Kier alpha value is -0.150. The van der Waals surface area contributed by atoms with E-state index in [2.05, 4.69) is 0 Å².